The highest BCUT2D eigenvalue weighted by Crippen LogP contribution is 2.47. The largest absolute Gasteiger partial charge is 0.353 e. The van der Waals surface area contributed by atoms with Crippen molar-refractivity contribution in [3.8, 4) is 0 Å². The van der Waals surface area contributed by atoms with Crippen molar-refractivity contribution in [2.45, 2.75) is 47.0 Å². The molecule has 0 aromatic rings. The Bertz CT molecular complexity index is 192. The maximum Gasteiger partial charge on any atom is 0.220 e. The zero-order valence-electron chi connectivity index (χ0n) is 9.89. The van der Waals surface area contributed by atoms with Crippen LogP contribution in [0.2, 0.25) is 0 Å². The molecule has 0 bridgehead atoms. The molecule has 0 unspecified atom stereocenters. The average Bonchev–Trinajstić information content (AvgIpc) is 2.87. The van der Waals surface area contributed by atoms with E-state index in [-0.39, 0.29) is 5.91 Å². The predicted octanol–water partition coefficient (Wildman–Crippen LogP) is 2.90. The number of nitrogens with one attached hydrogen (secondary N) is 1. The van der Waals surface area contributed by atoms with Gasteiger partial charge in [0.2, 0.25) is 5.91 Å². The van der Waals surface area contributed by atoms with E-state index in [4.69, 9.17) is 0 Å². The molecule has 1 aliphatic carbocycles. The van der Waals surface area contributed by atoms with E-state index in [1.165, 1.54) is 12.8 Å². The van der Waals surface area contributed by atoms with Crippen LogP contribution in [0.15, 0.2) is 12.2 Å². The van der Waals surface area contributed by atoms with Crippen LogP contribution in [0, 0.1) is 5.41 Å². The molecule has 1 saturated carbocycles. The molecule has 2 nitrogen and oxygen atoms in total. The first-order valence-corrected chi connectivity index (χ1v) is 5.54. The smallest absolute Gasteiger partial charge is 0.220 e. The highest BCUT2D eigenvalue weighted by Gasteiger charge is 2.38. The van der Waals surface area contributed by atoms with E-state index in [9.17, 15) is 4.79 Å². The molecule has 2 heteroatoms. The lowest BCUT2D eigenvalue weighted by molar-refractivity contribution is -0.121. The van der Waals surface area contributed by atoms with E-state index in [1.54, 1.807) is 0 Å². The van der Waals surface area contributed by atoms with Crippen LogP contribution in [0.1, 0.15) is 47.0 Å². The highest BCUT2D eigenvalue weighted by atomic mass is 16.1. The van der Waals surface area contributed by atoms with E-state index in [2.05, 4.69) is 12.2 Å². The standard InChI is InChI=1S/C10H17NO.C2H6/c1-3-4-7-11-9(12)8-10(2)5-6-10;1-2/h3-4H,5-8H2,1-2H3,(H,11,12);1-2H3/b4-3+;. The van der Waals surface area contributed by atoms with Crippen molar-refractivity contribution < 1.29 is 4.79 Å². The summed E-state index contributed by atoms with van der Waals surface area (Å²) >= 11 is 0. The third kappa shape index (κ3) is 5.79. The van der Waals surface area contributed by atoms with Gasteiger partial charge >= 0.3 is 0 Å². The van der Waals surface area contributed by atoms with Crippen LogP contribution in [-0.4, -0.2) is 12.5 Å². The summed E-state index contributed by atoms with van der Waals surface area (Å²) in [6, 6.07) is 0. The van der Waals surface area contributed by atoms with Crippen molar-refractivity contribution >= 4 is 5.91 Å². The molecule has 14 heavy (non-hydrogen) atoms. The molecule has 0 heterocycles. The lowest BCUT2D eigenvalue weighted by Crippen LogP contribution is -2.25. The lowest BCUT2D eigenvalue weighted by atomic mass is 10.1. The minimum atomic E-state index is 0.188. The second kappa shape index (κ2) is 6.63. The van der Waals surface area contributed by atoms with Gasteiger partial charge in [0.1, 0.15) is 0 Å². The summed E-state index contributed by atoms with van der Waals surface area (Å²) in [5.41, 5.74) is 0.333. The Labute approximate surface area is 87.8 Å². The van der Waals surface area contributed by atoms with Gasteiger partial charge in [0.05, 0.1) is 0 Å². The van der Waals surface area contributed by atoms with Gasteiger partial charge in [-0.2, -0.15) is 0 Å². The second-order valence-electron chi connectivity index (χ2n) is 3.86. The van der Waals surface area contributed by atoms with Crippen molar-refractivity contribution in [1.82, 2.24) is 5.32 Å². The molecular weight excluding hydrogens is 174 g/mol. The zero-order chi connectivity index (χ0) is 11.0. The van der Waals surface area contributed by atoms with Crippen molar-refractivity contribution in [2.24, 2.45) is 5.41 Å². The van der Waals surface area contributed by atoms with Crippen molar-refractivity contribution in [2.75, 3.05) is 6.54 Å². The number of rotatable bonds is 4. The number of hydrogen-bond acceptors (Lipinski definition) is 1. The van der Waals surface area contributed by atoms with Gasteiger partial charge in [0.15, 0.2) is 0 Å². The van der Waals surface area contributed by atoms with Crippen LogP contribution < -0.4 is 5.32 Å². The summed E-state index contributed by atoms with van der Waals surface area (Å²) in [5.74, 6) is 0.188. The number of allylic oxidation sites excluding steroid dienone is 1. The van der Waals surface area contributed by atoms with E-state index in [0.717, 1.165) is 0 Å². The number of hydrogen-bond donors (Lipinski definition) is 1. The van der Waals surface area contributed by atoms with Gasteiger partial charge in [-0.3, -0.25) is 4.79 Å². The minimum Gasteiger partial charge on any atom is -0.353 e. The molecule has 0 aromatic heterocycles. The SMILES string of the molecule is C/C=C/CNC(=O)CC1(C)CC1.CC. The summed E-state index contributed by atoms with van der Waals surface area (Å²) in [7, 11) is 0. The van der Waals surface area contributed by atoms with Gasteiger partial charge in [0.25, 0.3) is 0 Å². The summed E-state index contributed by atoms with van der Waals surface area (Å²) in [6.45, 7) is 8.79. The zero-order valence-corrected chi connectivity index (χ0v) is 9.89. The van der Waals surface area contributed by atoms with Crippen LogP contribution in [-0.2, 0) is 4.79 Å². The van der Waals surface area contributed by atoms with Crippen LogP contribution in [0.3, 0.4) is 0 Å². The Balaban J connectivity index is 0.000000791. The third-order valence-corrected chi connectivity index (χ3v) is 2.34. The maximum atomic E-state index is 11.2. The summed E-state index contributed by atoms with van der Waals surface area (Å²) in [5, 5.41) is 2.85. The van der Waals surface area contributed by atoms with Crippen LogP contribution in [0.5, 0.6) is 0 Å². The van der Waals surface area contributed by atoms with Gasteiger partial charge in [0, 0.05) is 13.0 Å². The Hall–Kier alpha value is -0.790. The van der Waals surface area contributed by atoms with E-state index in [0.29, 0.717) is 18.4 Å². The molecule has 0 atom stereocenters. The first-order chi connectivity index (χ1) is 6.66. The lowest BCUT2D eigenvalue weighted by Gasteiger charge is -2.06. The molecule has 1 fully saturated rings. The first kappa shape index (κ1) is 13.2. The summed E-state index contributed by atoms with van der Waals surface area (Å²) in [4.78, 5) is 11.2. The molecule has 1 amide bonds. The van der Waals surface area contributed by atoms with Crippen molar-refractivity contribution in [3.63, 3.8) is 0 Å². The molecule has 1 N–H and O–H groups in total. The van der Waals surface area contributed by atoms with Gasteiger partial charge < -0.3 is 5.32 Å². The third-order valence-electron chi connectivity index (χ3n) is 2.34. The molecule has 0 aromatic carbocycles. The molecule has 0 saturated heterocycles. The van der Waals surface area contributed by atoms with Gasteiger partial charge in [-0.1, -0.05) is 32.9 Å². The van der Waals surface area contributed by atoms with E-state index >= 15 is 0 Å². The fourth-order valence-electron chi connectivity index (χ4n) is 1.13. The molecule has 1 aliphatic rings. The van der Waals surface area contributed by atoms with Gasteiger partial charge in [-0.05, 0) is 25.2 Å². The van der Waals surface area contributed by atoms with Crippen LogP contribution >= 0.6 is 0 Å². The monoisotopic (exact) mass is 197 g/mol. The number of carbonyl (C=O) groups excluding carboxylic acids is 1. The fraction of sp³-hybridized carbons (Fsp3) is 0.750. The Morgan fingerprint density at radius 2 is 2.00 bits per heavy atom. The number of carbonyl (C=O) groups is 1. The number of amides is 1. The normalized spacial score (nSPS) is 17.1. The van der Waals surface area contributed by atoms with E-state index < -0.39 is 0 Å². The van der Waals surface area contributed by atoms with Gasteiger partial charge in [-0.15, -0.1) is 0 Å². The van der Waals surface area contributed by atoms with Crippen LogP contribution in [0.25, 0.3) is 0 Å². The summed E-state index contributed by atoms with van der Waals surface area (Å²) in [6.07, 6.45) is 7.02. The minimum absolute atomic E-state index is 0.188. The predicted molar refractivity (Wildman–Crippen MR) is 61.1 cm³/mol. The first-order valence-electron chi connectivity index (χ1n) is 5.54. The van der Waals surface area contributed by atoms with E-state index in [1.807, 2.05) is 32.9 Å². The average molecular weight is 197 g/mol. The molecule has 82 valence electrons. The quantitative estimate of drug-likeness (QED) is 0.690. The highest BCUT2D eigenvalue weighted by molar-refractivity contribution is 5.77. The van der Waals surface area contributed by atoms with Gasteiger partial charge in [-0.25, -0.2) is 0 Å². The maximum absolute atomic E-state index is 11.2. The summed E-state index contributed by atoms with van der Waals surface area (Å²) < 4.78 is 0. The molecule has 0 spiro atoms. The Morgan fingerprint density at radius 1 is 1.43 bits per heavy atom. The molecular formula is C12H23NO. The van der Waals surface area contributed by atoms with Crippen LogP contribution in [0.4, 0.5) is 0 Å². The van der Waals surface area contributed by atoms with Crippen molar-refractivity contribution in [1.29, 1.82) is 0 Å². The van der Waals surface area contributed by atoms with Crippen molar-refractivity contribution in [3.05, 3.63) is 12.2 Å². The Morgan fingerprint density at radius 3 is 2.43 bits per heavy atom. The molecule has 0 aliphatic heterocycles. The Kier molecular flexibility index (Phi) is 6.26. The second-order valence-corrected chi connectivity index (χ2v) is 3.86. The molecule has 1 rings (SSSR count). The topological polar surface area (TPSA) is 29.1 Å². The molecule has 0 radical (unpaired) electrons. The fourth-order valence-corrected chi connectivity index (χ4v) is 1.13.